The van der Waals surface area contributed by atoms with Crippen molar-refractivity contribution in [3.63, 3.8) is 0 Å². The number of nitrogens with two attached hydrogens (primary N) is 1. The molecule has 4 heteroatoms. The van der Waals surface area contributed by atoms with E-state index in [0.29, 0.717) is 0 Å². The number of rotatable bonds is 2. The Morgan fingerprint density at radius 2 is 2.06 bits per heavy atom. The topological polar surface area (TPSA) is 44.5 Å². The van der Waals surface area contributed by atoms with Gasteiger partial charge in [-0.25, -0.2) is 0 Å². The van der Waals surface area contributed by atoms with Gasteiger partial charge in [0.2, 0.25) is 0 Å². The van der Waals surface area contributed by atoms with Gasteiger partial charge in [-0.15, -0.1) is 0 Å². The summed E-state index contributed by atoms with van der Waals surface area (Å²) in [5.41, 5.74) is 8.67. The normalized spacial score (nSPS) is 20.4. The minimum Gasteiger partial charge on any atom is -0.490 e. The van der Waals surface area contributed by atoms with E-state index in [9.17, 15) is 0 Å². The van der Waals surface area contributed by atoms with Crippen molar-refractivity contribution in [2.24, 2.45) is 5.73 Å². The molecule has 1 aliphatic carbocycles. The van der Waals surface area contributed by atoms with Gasteiger partial charge >= 0.3 is 0 Å². The Balaban J connectivity index is 2.01. The van der Waals surface area contributed by atoms with E-state index >= 15 is 0 Å². The Kier molecular flexibility index (Phi) is 3.02. The van der Waals surface area contributed by atoms with E-state index in [0.717, 1.165) is 60.4 Å². The van der Waals surface area contributed by atoms with Crippen LogP contribution >= 0.6 is 15.9 Å². The van der Waals surface area contributed by atoms with Crippen molar-refractivity contribution in [3.05, 3.63) is 21.7 Å². The maximum Gasteiger partial charge on any atom is 0.164 e. The smallest absolute Gasteiger partial charge is 0.164 e. The van der Waals surface area contributed by atoms with E-state index in [1.165, 1.54) is 5.56 Å². The largest absolute Gasteiger partial charge is 0.490 e. The number of hydrogen-bond acceptors (Lipinski definition) is 3. The molecule has 0 spiro atoms. The number of halogens is 1. The fraction of sp³-hybridized carbons (Fsp3) is 0.571. The van der Waals surface area contributed by atoms with Crippen molar-refractivity contribution in [3.8, 4) is 11.5 Å². The molecular formula is C14H18BrNO2. The third-order valence-corrected chi connectivity index (χ3v) is 4.48. The highest BCUT2D eigenvalue weighted by atomic mass is 79.9. The highest BCUT2D eigenvalue weighted by Crippen LogP contribution is 2.43. The Morgan fingerprint density at radius 1 is 1.33 bits per heavy atom. The van der Waals surface area contributed by atoms with Gasteiger partial charge in [0.15, 0.2) is 11.5 Å². The van der Waals surface area contributed by atoms with Gasteiger partial charge in [0.25, 0.3) is 0 Å². The fourth-order valence-corrected chi connectivity index (χ4v) is 3.02. The molecule has 2 aliphatic rings. The van der Waals surface area contributed by atoms with Crippen molar-refractivity contribution >= 4 is 15.9 Å². The van der Waals surface area contributed by atoms with Crippen molar-refractivity contribution in [1.29, 1.82) is 0 Å². The second-order valence-corrected chi connectivity index (χ2v) is 6.23. The molecule has 0 saturated heterocycles. The number of hydrogen-bond donors (Lipinski definition) is 1. The number of ether oxygens (including phenoxy) is 2. The van der Waals surface area contributed by atoms with Crippen LogP contribution in [0.25, 0.3) is 0 Å². The molecule has 1 aliphatic heterocycles. The van der Waals surface area contributed by atoms with Crippen molar-refractivity contribution < 1.29 is 9.47 Å². The maximum absolute atomic E-state index is 6.23. The molecule has 0 aromatic heterocycles. The highest BCUT2D eigenvalue weighted by molar-refractivity contribution is 9.10. The summed E-state index contributed by atoms with van der Waals surface area (Å²) in [4.78, 5) is 0. The lowest BCUT2D eigenvalue weighted by Crippen LogP contribution is -2.25. The van der Waals surface area contributed by atoms with Gasteiger partial charge < -0.3 is 15.2 Å². The number of fused-ring (bicyclic) bond motifs is 1. The molecule has 1 fully saturated rings. The molecule has 98 valence electrons. The third kappa shape index (κ3) is 2.24. The zero-order chi connectivity index (χ0) is 12.8. The lowest BCUT2D eigenvalue weighted by molar-refractivity contribution is 0.296. The Labute approximate surface area is 116 Å². The summed E-state index contributed by atoms with van der Waals surface area (Å²) in [6.45, 7) is 3.54. The minimum absolute atomic E-state index is 0.00705. The van der Waals surface area contributed by atoms with Gasteiger partial charge in [0.1, 0.15) is 0 Å². The first-order chi connectivity index (χ1) is 8.59. The van der Waals surface area contributed by atoms with Crippen molar-refractivity contribution in [1.82, 2.24) is 0 Å². The molecule has 2 N–H and O–H groups in total. The molecule has 1 saturated carbocycles. The van der Waals surface area contributed by atoms with E-state index in [1.54, 1.807) is 0 Å². The number of benzene rings is 1. The molecule has 18 heavy (non-hydrogen) atoms. The van der Waals surface area contributed by atoms with Crippen LogP contribution in [0.1, 0.15) is 30.4 Å². The third-order valence-electron chi connectivity index (χ3n) is 3.78. The molecule has 0 radical (unpaired) electrons. The first kappa shape index (κ1) is 12.3. The van der Waals surface area contributed by atoms with Crippen LogP contribution in [0.2, 0.25) is 0 Å². The minimum atomic E-state index is 0.00705. The summed E-state index contributed by atoms with van der Waals surface area (Å²) < 4.78 is 12.6. The van der Waals surface area contributed by atoms with Gasteiger partial charge in [-0.05, 0) is 43.4 Å². The molecule has 3 rings (SSSR count). The van der Waals surface area contributed by atoms with E-state index in [-0.39, 0.29) is 5.54 Å². The standard InChI is InChI=1S/C14H18BrNO2/c1-9-10(8-14(16)3-4-14)11(15)7-12-13(9)18-6-2-5-17-12/h7H,2-6,8,16H2,1H3. The van der Waals surface area contributed by atoms with Crippen LogP contribution in [0.4, 0.5) is 0 Å². The molecule has 3 nitrogen and oxygen atoms in total. The van der Waals surface area contributed by atoms with Crippen LogP contribution in [0.15, 0.2) is 10.5 Å². The maximum atomic E-state index is 6.23. The summed E-state index contributed by atoms with van der Waals surface area (Å²) in [6.07, 6.45) is 4.08. The Morgan fingerprint density at radius 3 is 2.78 bits per heavy atom. The zero-order valence-corrected chi connectivity index (χ0v) is 12.2. The van der Waals surface area contributed by atoms with E-state index < -0.39 is 0 Å². The predicted octanol–water partition coefficient (Wildman–Crippen LogP) is 2.95. The summed E-state index contributed by atoms with van der Waals surface area (Å²) in [6, 6.07) is 2.02. The monoisotopic (exact) mass is 311 g/mol. The van der Waals surface area contributed by atoms with Crippen LogP contribution in [0, 0.1) is 6.92 Å². The first-order valence-electron chi connectivity index (χ1n) is 6.45. The van der Waals surface area contributed by atoms with Gasteiger partial charge in [-0.2, -0.15) is 0 Å². The van der Waals surface area contributed by atoms with Crippen LogP contribution in [0.5, 0.6) is 11.5 Å². The fourth-order valence-electron chi connectivity index (χ4n) is 2.38. The second kappa shape index (κ2) is 4.42. The Bertz CT molecular complexity index is 483. The summed E-state index contributed by atoms with van der Waals surface area (Å²) in [5, 5.41) is 0. The van der Waals surface area contributed by atoms with Crippen LogP contribution in [0.3, 0.4) is 0 Å². The van der Waals surface area contributed by atoms with E-state index in [2.05, 4.69) is 22.9 Å². The SMILES string of the molecule is Cc1c(CC2(N)CC2)c(Br)cc2c1OCCCO2. The molecule has 0 amide bonds. The van der Waals surface area contributed by atoms with E-state index in [1.807, 2.05) is 6.07 Å². The molecule has 0 unspecified atom stereocenters. The van der Waals surface area contributed by atoms with Crippen molar-refractivity contribution in [2.75, 3.05) is 13.2 Å². The predicted molar refractivity (Wildman–Crippen MR) is 74.3 cm³/mol. The summed E-state index contributed by atoms with van der Waals surface area (Å²) in [7, 11) is 0. The molecular weight excluding hydrogens is 294 g/mol. The molecule has 1 heterocycles. The zero-order valence-electron chi connectivity index (χ0n) is 10.6. The lowest BCUT2D eigenvalue weighted by atomic mass is 9.99. The van der Waals surface area contributed by atoms with Gasteiger partial charge in [0, 0.05) is 16.4 Å². The van der Waals surface area contributed by atoms with Gasteiger partial charge in [-0.3, -0.25) is 0 Å². The summed E-state index contributed by atoms with van der Waals surface area (Å²) >= 11 is 3.64. The van der Waals surface area contributed by atoms with Crippen LogP contribution < -0.4 is 15.2 Å². The van der Waals surface area contributed by atoms with Crippen LogP contribution in [-0.2, 0) is 6.42 Å². The van der Waals surface area contributed by atoms with E-state index in [4.69, 9.17) is 15.2 Å². The highest BCUT2D eigenvalue weighted by Gasteiger charge is 2.39. The average molecular weight is 312 g/mol. The molecule has 0 bridgehead atoms. The molecule has 0 atom stereocenters. The van der Waals surface area contributed by atoms with Gasteiger partial charge in [0.05, 0.1) is 13.2 Å². The lowest BCUT2D eigenvalue weighted by Gasteiger charge is -2.18. The summed E-state index contributed by atoms with van der Waals surface area (Å²) in [5.74, 6) is 1.75. The Hall–Kier alpha value is -0.740. The quantitative estimate of drug-likeness (QED) is 0.913. The molecule has 1 aromatic rings. The first-order valence-corrected chi connectivity index (χ1v) is 7.25. The van der Waals surface area contributed by atoms with Gasteiger partial charge in [-0.1, -0.05) is 15.9 Å². The average Bonchev–Trinajstić information content (AvgIpc) is 3.09. The second-order valence-electron chi connectivity index (χ2n) is 5.38. The van der Waals surface area contributed by atoms with Crippen LogP contribution in [-0.4, -0.2) is 18.8 Å². The van der Waals surface area contributed by atoms with Crippen molar-refractivity contribution in [2.45, 2.75) is 38.1 Å². The molecule has 1 aromatic carbocycles.